The Kier molecular flexibility index (Phi) is 6.39. The van der Waals surface area contributed by atoms with Crippen LogP contribution in [-0.4, -0.2) is 55.5 Å². The minimum Gasteiger partial charge on any atom is -0.465 e. The second kappa shape index (κ2) is 9.38. The fourth-order valence-electron chi connectivity index (χ4n) is 4.10. The lowest BCUT2D eigenvalue weighted by Crippen LogP contribution is -2.57. The number of ether oxygens (including phenoxy) is 1. The van der Waals surface area contributed by atoms with E-state index < -0.39 is 23.8 Å². The van der Waals surface area contributed by atoms with Crippen molar-refractivity contribution in [2.45, 2.75) is 19.9 Å². The number of carbonyl (C=O) groups excluding carboxylic acids is 2. The standard InChI is InChI=1S/C24H27FN4O3/c1-3-32-23(31)20-21(17-10-8-16(2)9-11-17)26-24(27-22(20)30)29-14-12-28(13-15-29)19-7-5-4-6-18(19)25/h4-11,20-21H,3,12-15H2,1-2H3,(H,26,27,30)/t20-,21+/m0/s1. The SMILES string of the molecule is CCOC(=O)[C@@H]1C(=O)NC(N2CCN(c3ccccc3F)CC2)=N[C@@H]1c1ccc(C)cc1. The van der Waals surface area contributed by atoms with Gasteiger partial charge in [0.15, 0.2) is 5.92 Å². The van der Waals surface area contributed by atoms with Crippen molar-refractivity contribution < 1.29 is 18.7 Å². The first-order valence-corrected chi connectivity index (χ1v) is 10.8. The Morgan fingerprint density at radius 1 is 1.09 bits per heavy atom. The van der Waals surface area contributed by atoms with Crippen LogP contribution in [0.5, 0.6) is 0 Å². The molecule has 7 nitrogen and oxygen atoms in total. The van der Waals surface area contributed by atoms with Gasteiger partial charge in [0.05, 0.1) is 12.3 Å². The van der Waals surface area contributed by atoms with Crippen LogP contribution in [0.1, 0.15) is 24.1 Å². The van der Waals surface area contributed by atoms with Gasteiger partial charge in [-0.1, -0.05) is 42.0 Å². The number of para-hydroxylation sites is 1. The quantitative estimate of drug-likeness (QED) is 0.587. The molecule has 1 saturated heterocycles. The van der Waals surface area contributed by atoms with Crippen LogP contribution in [0.4, 0.5) is 10.1 Å². The summed E-state index contributed by atoms with van der Waals surface area (Å²) in [7, 11) is 0. The molecule has 0 spiro atoms. The number of hydrogen-bond acceptors (Lipinski definition) is 6. The summed E-state index contributed by atoms with van der Waals surface area (Å²) < 4.78 is 19.3. The number of rotatable bonds is 4. The number of halogens is 1. The zero-order valence-electron chi connectivity index (χ0n) is 18.3. The van der Waals surface area contributed by atoms with Crippen LogP contribution in [0.25, 0.3) is 0 Å². The van der Waals surface area contributed by atoms with Gasteiger partial charge in [0.2, 0.25) is 11.9 Å². The average Bonchev–Trinajstić information content (AvgIpc) is 2.79. The number of guanidine groups is 1. The summed E-state index contributed by atoms with van der Waals surface area (Å²) >= 11 is 0. The first-order valence-electron chi connectivity index (χ1n) is 10.8. The van der Waals surface area contributed by atoms with Crippen molar-refractivity contribution in [3.05, 3.63) is 65.5 Å². The maximum atomic E-state index is 14.1. The second-order valence-corrected chi connectivity index (χ2v) is 7.95. The maximum absolute atomic E-state index is 14.1. The number of nitrogens with one attached hydrogen (secondary N) is 1. The Morgan fingerprint density at radius 3 is 2.41 bits per heavy atom. The van der Waals surface area contributed by atoms with Gasteiger partial charge in [-0.05, 0) is 31.5 Å². The van der Waals surface area contributed by atoms with Crippen LogP contribution >= 0.6 is 0 Å². The highest BCUT2D eigenvalue weighted by molar-refractivity contribution is 6.08. The third kappa shape index (κ3) is 4.44. The zero-order chi connectivity index (χ0) is 22.7. The number of piperazine rings is 1. The minimum atomic E-state index is -1.04. The summed E-state index contributed by atoms with van der Waals surface area (Å²) in [6.07, 6.45) is 0. The molecule has 168 valence electrons. The number of aliphatic imine (C=N–C) groups is 1. The van der Waals surface area contributed by atoms with Crippen LogP contribution in [0, 0.1) is 18.7 Å². The normalized spacial score (nSPS) is 21.1. The summed E-state index contributed by atoms with van der Waals surface area (Å²) in [4.78, 5) is 34.3. The first-order chi connectivity index (χ1) is 15.5. The Labute approximate surface area is 186 Å². The topological polar surface area (TPSA) is 74.2 Å². The fraction of sp³-hybridized carbons (Fsp3) is 0.375. The van der Waals surface area contributed by atoms with Crippen molar-refractivity contribution in [3.8, 4) is 0 Å². The predicted molar refractivity (Wildman–Crippen MR) is 120 cm³/mol. The highest BCUT2D eigenvalue weighted by atomic mass is 19.1. The number of benzene rings is 2. The van der Waals surface area contributed by atoms with Crippen LogP contribution < -0.4 is 10.2 Å². The molecule has 1 amide bonds. The molecule has 0 radical (unpaired) electrons. The van der Waals surface area contributed by atoms with Crippen molar-refractivity contribution in [3.63, 3.8) is 0 Å². The molecular formula is C24H27FN4O3. The van der Waals surface area contributed by atoms with Gasteiger partial charge in [-0.25, -0.2) is 9.38 Å². The highest BCUT2D eigenvalue weighted by Gasteiger charge is 2.42. The van der Waals surface area contributed by atoms with Crippen molar-refractivity contribution in [2.75, 3.05) is 37.7 Å². The molecule has 0 unspecified atom stereocenters. The van der Waals surface area contributed by atoms with E-state index in [4.69, 9.17) is 9.73 Å². The molecule has 8 heteroatoms. The lowest BCUT2D eigenvalue weighted by Gasteiger charge is -2.39. The molecule has 32 heavy (non-hydrogen) atoms. The number of nitrogens with zero attached hydrogens (tertiary/aromatic N) is 3. The summed E-state index contributed by atoms with van der Waals surface area (Å²) in [5, 5.41) is 2.80. The van der Waals surface area contributed by atoms with E-state index in [1.807, 2.05) is 47.1 Å². The van der Waals surface area contributed by atoms with Crippen LogP contribution in [-0.2, 0) is 14.3 Å². The van der Waals surface area contributed by atoms with E-state index in [1.165, 1.54) is 6.07 Å². The molecule has 0 aliphatic carbocycles. The number of amides is 1. The van der Waals surface area contributed by atoms with Gasteiger partial charge in [-0.15, -0.1) is 0 Å². The number of esters is 1. The van der Waals surface area contributed by atoms with Crippen LogP contribution in [0.2, 0.25) is 0 Å². The van der Waals surface area contributed by atoms with E-state index in [-0.39, 0.29) is 12.4 Å². The van der Waals surface area contributed by atoms with Crippen LogP contribution in [0.15, 0.2) is 53.5 Å². The van der Waals surface area contributed by atoms with Gasteiger partial charge in [0.1, 0.15) is 11.9 Å². The van der Waals surface area contributed by atoms with E-state index in [1.54, 1.807) is 19.1 Å². The van der Waals surface area contributed by atoms with E-state index in [0.717, 1.165) is 11.1 Å². The summed E-state index contributed by atoms with van der Waals surface area (Å²) in [5.41, 5.74) is 2.43. The molecule has 4 rings (SSSR count). The van der Waals surface area contributed by atoms with Gasteiger partial charge < -0.3 is 14.5 Å². The maximum Gasteiger partial charge on any atom is 0.321 e. The fourth-order valence-corrected chi connectivity index (χ4v) is 4.10. The minimum absolute atomic E-state index is 0.192. The highest BCUT2D eigenvalue weighted by Crippen LogP contribution is 2.31. The van der Waals surface area contributed by atoms with Gasteiger partial charge in [-0.3, -0.25) is 14.9 Å². The van der Waals surface area contributed by atoms with Gasteiger partial charge in [-0.2, -0.15) is 0 Å². The average molecular weight is 439 g/mol. The lowest BCUT2D eigenvalue weighted by atomic mass is 9.91. The van der Waals surface area contributed by atoms with E-state index in [2.05, 4.69) is 5.32 Å². The summed E-state index contributed by atoms with van der Waals surface area (Å²) in [6.45, 7) is 6.19. The summed E-state index contributed by atoms with van der Waals surface area (Å²) in [6, 6.07) is 13.7. The Balaban J connectivity index is 1.56. The molecule has 2 aliphatic rings. The molecule has 2 heterocycles. The van der Waals surface area contributed by atoms with Gasteiger partial charge in [0.25, 0.3) is 0 Å². The zero-order valence-corrected chi connectivity index (χ0v) is 18.3. The first kappa shape index (κ1) is 21.8. The lowest BCUT2D eigenvalue weighted by molar-refractivity contribution is -0.153. The molecule has 2 atom stereocenters. The number of hydrogen-bond donors (Lipinski definition) is 1. The van der Waals surface area contributed by atoms with E-state index in [9.17, 15) is 14.0 Å². The third-order valence-electron chi connectivity index (χ3n) is 5.83. The monoisotopic (exact) mass is 438 g/mol. The van der Waals surface area contributed by atoms with Crippen molar-refractivity contribution in [1.82, 2.24) is 10.2 Å². The molecule has 0 bridgehead atoms. The van der Waals surface area contributed by atoms with Crippen LogP contribution in [0.3, 0.4) is 0 Å². The molecule has 2 aromatic rings. The Hall–Kier alpha value is -3.42. The number of aryl methyl sites for hydroxylation is 1. The third-order valence-corrected chi connectivity index (χ3v) is 5.83. The van der Waals surface area contributed by atoms with Gasteiger partial charge in [0, 0.05) is 26.2 Å². The number of anilines is 1. The molecule has 0 aromatic heterocycles. The largest absolute Gasteiger partial charge is 0.465 e. The molecule has 0 saturated carbocycles. The van der Waals surface area contributed by atoms with Crippen molar-refractivity contribution in [2.24, 2.45) is 10.9 Å². The molecular weight excluding hydrogens is 411 g/mol. The van der Waals surface area contributed by atoms with E-state index in [0.29, 0.717) is 37.8 Å². The van der Waals surface area contributed by atoms with E-state index >= 15 is 0 Å². The molecule has 2 aromatic carbocycles. The smallest absolute Gasteiger partial charge is 0.321 e. The Bertz CT molecular complexity index is 1020. The predicted octanol–water partition coefficient (Wildman–Crippen LogP) is 2.66. The second-order valence-electron chi connectivity index (χ2n) is 7.95. The molecule has 1 N–H and O–H groups in total. The van der Waals surface area contributed by atoms with Crippen molar-refractivity contribution in [1.29, 1.82) is 0 Å². The Morgan fingerprint density at radius 2 is 1.75 bits per heavy atom. The number of carbonyl (C=O) groups is 2. The summed E-state index contributed by atoms with van der Waals surface area (Å²) in [5.74, 6) is -1.85. The van der Waals surface area contributed by atoms with Crippen molar-refractivity contribution >= 4 is 23.5 Å². The van der Waals surface area contributed by atoms with Gasteiger partial charge >= 0.3 is 5.97 Å². The molecule has 1 fully saturated rings. The molecule has 2 aliphatic heterocycles.